The minimum Gasteiger partial charge on any atom is -0.493 e. The van der Waals surface area contributed by atoms with Crippen molar-refractivity contribution in [1.29, 1.82) is 0 Å². The largest absolute Gasteiger partial charge is 0.493 e. The number of carbonyl (C=O) groups is 2. The molecule has 4 rings (SSSR count). The van der Waals surface area contributed by atoms with Gasteiger partial charge in [0.25, 0.3) is 5.91 Å². The third kappa shape index (κ3) is 8.64. The lowest BCUT2D eigenvalue weighted by Gasteiger charge is -2.41. The third-order valence-corrected chi connectivity index (χ3v) is 14.9. The second-order valence-electron chi connectivity index (χ2n) is 13.1. The number of methoxy groups -OCH3 is 1. The predicted molar refractivity (Wildman–Crippen MR) is 189 cm³/mol. The number of carbonyl (C=O) groups excluding carboxylic acids is 1. The first-order valence-corrected chi connectivity index (χ1v) is 20.0. The summed E-state index contributed by atoms with van der Waals surface area (Å²) in [5, 5.41) is 12.0. The maximum absolute atomic E-state index is 14.4. The van der Waals surface area contributed by atoms with E-state index in [4.69, 9.17) is 13.9 Å². The van der Waals surface area contributed by atoms with Gasteiger partial charge in [-0.2, -0.15) is 0 Å². The van der Waals surface area contributed by atoms with E-state index in [0.29, 0.717) is 6.42 Å². The molecule has 48 heavy (non-hydrogen) atoms. The van der Waals surface area contributed by atoms with E-state index in [1.807, 2.05) is 36.4 Å². The van der Waals surface area contributed by atoms with Gasteiger partial charge in [-0.25, -0.2) is 17.9 Å². The average molecular weight is 696 g/mol. The molecule has 258 valence electrons. The van der Waals surface area contributed by atoms with E-state index in [9.17, 15) is 23.1 Å². The van der Waals surface area contributed by atoms with E-state index in [1.54, 1.807) is 29.2 Å². The molecule has 0 aliphatic carbocycles. The zero-order valence-electron chi connectivity index (χ0n) is 28.5. The van der Waals surface area contributed by atoms with Gasteiger partial charge in [-0.3, -0.25) is 10.1 Å². The van der Waals surface area contributed by atoms with Crippen LogP contribution < -0.4 is 19.5 Å². The fourth-order valence-corrected chi connectivity index (χ4v) is 6.82. The highest BCUT2D eigenvalue weighted by atomic mass is 32.2. The van der Waals surface area contributed by atoms with Crippen molar-refractivity contribution in [3.63, 3.8) is 0 Å². The Morgan fingerprint density at radius 1 is 1.02 bits per heavy atom. The van der Waals surface area contributed by atoms with Crippen LogP contribution in [0.25, 0.3) is 5.57 Å². The fourth-order valence-electron chi connectivity index (χ4n) is 5.04. The molecule has 1 atom stereocenters. The molecule has 3 N–H and O–H groups in total. The van der Waals surface area contributed by atoms with Crippen molar-refractivity contribution in [2.75, 3.05) is 32.6 Å². The molecule has 2 amide bonds. The van der Waals surface area contributed by atoms with Gasteiger partial charge in [-0.1, -0.05) is 69.3 Å². The topological polar surface area (TPSA) is 144 Å². The van der Waals surface area contributed by atoms with Crippen LogP contribution in [0, 0.1) is 0 Å². The van der Waals surface area contributed by atoms with Gasteiger partial charge in [-0.05, 0) is 66.5 Å². The zero-order valence-corrected chi connectivity index (χ0v) is 30.3. The number of nitrogens with one attached hydrogen (secondary N) is 2. The molecular formula is C35H45N3O8SSi. The molecule has 1 aliphatic rings. The molecule has 0 saturated heterocycles. The Morgan fingerprint density at radius 3 is 2.27 bits per heavy atom. The first-order valence-electron chi connectivity index (χ1n) is 15.6. The summed E-state index contributed by atoms with van der Waals surface area (Å²) in [7, 11) is -2.98. The van der Waals surface area contributed by atoms with Gasteiger partial charge in [0.15, 0.2) is 19.8 Å². The molecule has 0 saturated carbocycles. The maximum Gasteiger partial charge on any atom is 0.409 e. The summed E-state index contributed by atoms with van der Waals surface area (Å²) < 4.78 is 45.1. The number of hydrogen-bond donors (Lipinski definition) is 3. The van der Waals surface area contributed by atoms with Crippen LogP contribution in [0.3, 0.4) is 0 Å². The molecule has 11 nitrogen and oxygen atoms in total. The molecule has 0 fully saturated rings. The van der Waals surface area contributed by atoms with Crippen molar-refractivity contribution >= 4 is 41.6 Å². The quantitative estimate of drug-likeness (QED) is 0.180. The molecule has 3 aromatic carbocycles. The highest BCUT2D eigenvalue weighted by Gasteiger charge is 2.39. The van der Waals surface area contributed by atoms with Gasteiger partial charge in [0.2, 0.25) is 10.0 Å². The van der Waals surface area contributed by atoms with Crippen LogP contribution >= 0.6 is 0 Å². The second kappa shape index (κ2) is 14.9. The van der Waals surface area contributed by atoms with Crippen LogP contribution in [0.15, 0.2) is 77.7 Å². The number of hydrogen-bond acceptors (Lipinski definition) is 7. The number of rotatable bonds is 12. The summed E-state index contributed by atoms with van der Waals surface area (Å²) in [5.74, 6) is 0.162. The lowest BCUT2D eigenvalue weighted by Crippen LogP contribution is -2.49. The van der Waals surface area contributed by atoms with Crippen LogP contribution in [0.5, 0.6) is 11.5 Å². The number of nitrogens with zero attached hydrogens (tertiary/aromatic N) is 1. The van der Waals surface area contributed by atoms with Crippen molar-refractivity contribution < 1.29 is 37.0 Å². The van der Waals surface area contributed by atoms with Gasteiger partial charge >= 0.3 is 6.09 Å². The molecule has 0 bridgehead atoms. The first-order chi connectivity index (χ1) is 22.6. The van der Waals surface area contributed by atoms with Crippen LogP contribution in [-0.2, 0) is 21.1 Å². The highest BCUT2D eigenvalue weighted by Crippen LogP contribution is 2.39. The van der Waals surface area contributed by atoms with Crippen molar-refractivity contribution in [1.82, 2.24) is 9.62 Å². The molecule has 1 unspecified atom stereocenters. The van der Waals surface area contributed by atoms with Gasteiger partial charge in [0, 0.05) is 12.6 Å². The Hall–Kier alpha value is -4.17. The summed E-state index contributed by atoms with van der Waals surface area (Å²) in [6.07, 6.45) is 1.04. The molecule has 0 radical (unpaired) electrons. The Bertz CT molecular complexity index is 1750. The Labute approximate surface area is 284 Å². The summed E-state index contributed by atoms with van der Waals surface area (Å²) in [6, 6.07) is 18.7. The third-order valence-electron chi connectivity index (χ3n) is 8.95. The maximum atomic E-state index is 14.4. The number of benzene rings is 3. The average Bonchev–Trinajstić information content (AvgIpc) is 3.05. The van der Waals surface area contributed by atoms with E-state index in [2.05, 4.69) is 43.9 Å². The van der Waals surface area contributed by atoms with Gasteiger partial charge in [0.1, 0.15) is 6.61 Å². The second-order valence-corrected chi connectivity index (χ2v) is 19.8. The molecule has 3 aromatic rings. The summed E-state index contributed by atoms with van der Waals surface area (Å²) in [4.78, 5) is 28.1. The SMILES string of the molecule is CNS(=O)(=O)c1ccc(C2=CCN(C(=O)c3cc(OC)c(OCc4ccccc4)cc3NC(=O)O)C(CO[Si](C)(C)C(C)(C)C)C2)cc1. The minimum absolute atomic E-state index is 0.0642. The van der Waals surface area contributed by atoms with Crippen molar-refractivity contribution in [2.45, 2.75) is 62.9 Å². The van der Waals surface area contributed by atoms with Crippen molar-refractivity contribution in [3.05, 3.63) is 89.5 Å². The van der Waals surface area contributed by atoms with Gasteiger partial charge in [-0.15, -0.1) is 0 Å². The molecule has 1 heterocycles. The van der Waals surface area contributed by atoms with Gasteiger partial charge in [0.05, 0.1) is 35.9 Å². The zero-order chi connectivity index (χ0) is 35.3. The predicted octanol–water partition coefficient (Wildman–Crippen LogP) is 6.59. The summed E-state index contributed by atoms with van der Waals surface area (Å²) in [6.45, 7) is 11.4. The summed E-state index contributed by atoms with van der Waals surface area (Å²) >= 11 is 0. The van der Waals surface area contributed by atoms with E-state index < -0.39 is 36.4 Å². The van der Waals surface area contributed by atoms with Crippen molar-refractivity contribution in [3.8, 4) is 11.5 Å². The van der Waals surface area contributed by atoms with Crippen molar-refractivity contribution in [2.24, 2.45) is 0 Å². The van der Waals surface area contributed by atoms with Crippen LogP contribution in [-0.4, -0.2) is 72.1 Å². The lowest BCUT2D eigenvalue weighted by molar-refractivity contribution is 0.0627. The van der Waals surface area contributed by atoms with Crippen LogP contribution in [0.4, 0.5) is 10.5 Å². The monoisotopic (exact) mass is 695 g/mol. The standard InChI is InChI=1S/C35H45N3O8SSi/c1-35(2,3)48(6,7)46-23-27-19-26(25-13-15-28(16-14-25)47(42,43)36-4)17-18-38(27)33(39)29-20-31(44-5)32(21-30(29)37-34(40)41)45-22-24-11-9-8-10-12-24/h8-17,20-21,27,36-37H,18-19,22-23H2,1-7H3,(H,40,41). The number of anilines is 1. The van der Waals surface area contributed by atoms with Crippen LogP contribution in [0.2, 0.25) is 18.1 Å². The lowest BCUT2D eigenvalue weighted by atomic mass is 9.93. The van der Waals surface area contributed by atoms with E-state index in [-0.39, 0.29) is 52.4 Å². The van der Waals surface area contributed by atoms with E-state index >= 15 is 0 Å². The number of amides is 2. The van der Waals surface area contributed by atoms with E-state index in [1.165, 1.54) is 26.3 Å². The normalized spacial score (nSPS) is 15.4. The van der Waals surface area contributed by atoms with E-state index in [0.717, 1.165) is 16.7 Å². The van der Waals surface area contributed by atoms with Crippen LogP contribution in [0.1, 0.15) is 48.7 Å². The number of sulfonamides is 1. The number of carboxylic acid groups (broad SMARTS) is 1. The molecular weight excluding hydrogens is 651 g/mol. The van der Waals surface area contributed by atoms with Gasteiger partial charge < -0.3 is 23.9 Å². The smallest absolute Gasteiger partial charge is 0.409 e. The summed E-state index contributed by atoms with van der Waals surface area (Å²) in [5.41, 5.74) is 2.87. The Balaban J connectivity index is 1.70. The Morgan fingerprint density at radius 2 is 1.69 bits per heavy atom. The molecule has 13 heteroatoms. The fraction of sp³-hybridized carbons (Fsp3) is 0.371. The first kappa shape index (κ1) is 36.7. The highest BCUT2D eigenvalue weighted by molar-refractivity contribution is 7.89. The molecule has 1 aliphatic heterocycles. The minimum atomic E-state index is -3.59. The number of ether oxygens (including phenoxy) is 2. The molecule has 0 aromatic heterocycles. The Kier molecular flexibility index (Phi) is 11.4. The molecule has 0 spiro atoms.